The van der Waals surface area contributed by atoms with Gasteiger partial charge in [-0.2, -0.15) is 0 Å². The van der Waals surface area contributed by atoms with E-state index in [9.17, 15) is 0 Å². The van der Waals surface area contributed by atoms with Gasteiger partial charge in [0.25, 0.3) is 0 Å². The summed E-state index contributed by atoms with van der Waals surface area (Å²) in [5.74, 6) is 0.835. The molecule has 1 aromatic carbocycles. The van der Waals surface area contributed by atoms with Crippen molar-refractivity contribution in [1.29, 1.82) is 0 Å². The zero-order valence-corrected chi connectivity index (χ0v) is 16.5. The quantitative estimate of drug-likeness (QED) is 0.565. The maximum atomic E-state index is 4.58. The van der Waals surface area contributed by atoms with Crippen molar-refractivity contribution in [2.24, 2.45) is 4.99 Å². The lowest BCUT2D eigenvalue weighted by Crippen LogP contribution is -2.41. The van der Waals surface area contributed by atoms with Crippen LogP contribution in [0.4, 0.5) is 0 Å². The lowest BCUT2D eigenvalue weighted by atomic mass is 9.96. The fourth-order valence-corrected chi connectivity index (χ4v) is 3.92. The van der Waals surface area contributed by atoms with Crippen molar-refractivity contribution in [2.75, 3.05) is 13.6 Å². The average Bonchev–Trinajstić information content (AvgIpc) is 3.25. The van der Waals surface area contributed by atoms with Crippen LogP contribution in [0.3, 0.4) is 0 Å². The molecule has 0 bridgehead atoms. The number of hydrogen-bond acceptors (Lipinski definition) is 3. The van der Waals surface area contributed by atoms with E-state index < -0.39 is 0 Å². The molecule has 1 aliphatic carbocycles. The summed E-state index contributed by atoms with van der Waals surface area (Å²) in [5, 5.41) is 10.1. The number of aryl methyl sites for hydroxylation is 1. The molecule has 1 saturated carbocycles. The Morgan fingerprint density at radius 3 is 2.83 bits per heavy atom. The van der Waals surface area contributed by atoms with Crippen LogP contribution in [0.25, 0.3) is 0 Å². The SMILES string of the molecule is CCc1nc(CNC(=NC)NCC2(c3cccc(Br)c3)CC2)cs1. The molecule has 128 valence electrons. The highest BCUT2D eigenvalue weighted by Gasteiger charge is 2.44. The molecule has 1 fully saturated rings. The van der Waals surface area contributed by atoms with Crippen LogP contribution in [-0.2, 0) is 18.4 Å². The highest BCUT2D eigenvalue weighted by atomic mass is 79.9. The summed E-state index contributed by atoms with van der Waals surface area (Å²) in [6, 6.07) is 8.63. The number of halogens is 1. The third-order valence-electron chi connectivity index (χ3n) is 4.45. The fraction of sp³-hybridized carbons (Fsp3) is 0.444. The monoisotopic (exact) mass is 406 g/mol. The molecule has 0 spiro atoms. The molecule has 0 saturated heterocycles. The van der Waals surface area contributed by atoms with Gasteiger partial charge in [-0.05, 0) is 37.0 Å². The molecule has 1 aromatic heterocycles. The van der Waals surface area contributed by atoms with E-state index >= 15 is 0 Å². The van der Waals surface area contributed by atoms with Crippen molar-refractivity contribution >= 4 is 33.2 Å². The lowest BCUT2D eigenvalue weighted by molar-refractivity contribution is 0.644. The van der Waals surface area contributed by atoms with Crippen molar-refractivity contribution < 1.29 is 0 Å². The van der Waals surface area contributed by atoms with Gasteiger partial charge in [0.1, 0.15) is 0 Å². The number of thiazole rings is 1. The third-order valence-corrected chi connectivity index (χ3v) is 5.98. The van der Waals surface area contributed by atoms with Crippen LogP contribution in [0.2, 0.25) is 0 Å². The zero-order chi connectivity index (χ0) is 17.0. The van der Waals surface area contributed by atoms with Crippen molar-refractivity contribution in [2.45, 2.75) is 38.1 Å². The molecule has 6 heteroatoms. The summed E-state index contributed by atoms with van der Waals surface area (Å²) in [7, 11) is 1.81. The number of aromatic nitrogens is 1. The van der Waals surface area contributed by atoms with Gasteiger partial charge in [0.15, 0.2) is 5.96 Å². The number of hydrogen-bond donors (Lipinski definition) is 2. The summed E-state index contributed by atoms with van der Waals surface area (Å²) in [6.45, 7) is 3.74. The Morgan fingerprint density at radius 1 is 1.38 bits per heavy atom. The van der Waals surface area contributed by atoms with E-state index in [4.69, 9.17) is 0 Å². The number of rotatable bonds is 6. The highest BCUT2D eigenvalue weighted by molar-refractivity contribution is 9.10. The average molecular weight is 407 g/mol. The van der Waals surface area contributed by atoms with Gasteiger partial charge < -0.3 is 10.6 Å². The molecular weight excluding hydrogens is 384 g/mol. The molecule has 4 nitrogen and oxygen atoms in total. The first-order valence-corrected chi connectivity index (χ1v) is 9.96. The second kappa shape index (κ2) is 7.66. The van der Waals surface area contributed by atoms with Crippen LogP contribution in [-0.4, -0.2) is 24.5 Å². The van der Waals surface area contributed by atoms with E-state index in [2.05, 4.69) is 73.1 Å². The molecule has 24 heavy (non-hydrogen) atoms. The topological polar surface area (TPSA) is 49.3 Å². The summed E-state index contributed by atoms with van der Waals surface area (Å²) < 4.78 is 1.14. The first-order valence-electron chi connectivity index (χ1n) is 8.29. The van der Waals surface area contributed by atoms with E-state index in [-0.39, 0.29) is 5.41 Å². The molecule has 3 rings (SSSR count). The van der Waals surface area contributed by atoms with Gasteiger partial charge in [0, 0.05) is 28.9 Å². The Labute approximate surface area is 155 Å². The van der Waals surface area contributed by atoms with Crippen LogP contribution < -0.4 is 10.6 Å². The van der Waals surface area contributed by atoms with Gasteiger partial charge >= 0.3 is 0 Å². The standard InChI is InChI=1S/C18H23BrN4S/c1-3-16-23-15(11-24-16)10-21-17(20-2)22-12-18(7-8-18)13-5-4-6-14(19)9-13/h4-6,9,11H,3,7-8,10,12H2,1-2H3,(H2,20,21,22). The van der Waals surface area contributed by atoms with Crippen molar-refractivity contribution in [3.63, 3.8) is 0 Å². The molecular formula is C18H23BrN4S. The van der Waals surface area contributed by atoms with Gasteiger partial charge in [0.2, 0.25) is 0 Å². The Kier molecular flexibility index (Phi) is 5.56. The van der Waals surface area contributed by atoms with Crippen molar-refractivity contribution in [3.8, 4) is 0 Å². The molecule has 2 N–H and O–H groups in total. The summed E-state index contributed by atoms with van der Waals surface area (Å²) in [6.07, 6.45) is 3.44. The third kappa shape index (κ3) is 4.16. The number of guanidine groups is 1. The number of nitrogens with zero attached hydrogens (tertiary/aromatic N) is 2. The molecule has 0 atom stereocenters. The molecule has 0 aliphatic heterocycles. The van der Waals surface area contributed by atoms with E-state index in [1.807, 2.05) is 7.05 Å². The van der Waals surface area contributed by atoms with Gasteiger partial charge in [0.05, 0.1) is 17.2 Å². The van der Waals surface area contributed by atoms with E-state index in [1.165, 1.54) is 23.4 Å². The second-order valence-electron chi connectivity index (χ2n) is 6.16. The Morgan fingerprint density at radius 2 is 2.21 bits per heavy atom. The predicted octanol–water partition coefficient (Wildman–Crippen LogP) is 3.86. The first-order chi connectivity index (χ1) is 11.6. The minimum atomic E-state index is 0.247. The van der Waals surface area contributed by atoms with Crippen molar-refractivity contribution in [1.82, 2.24) is 15.6 Å². The minimum Gasteiger partial charge on any atom is -0.356 e. The van der Waals surface area contributed by atoms with Crippen molar-refractivity contribution in [3.05, 3.63) is 50.4 Å². The molecule has 1 aliphatic rings. The van der Waals surface area contributed by atoms with Gasteiger partial charge in [-0.15, -0.1) is 11.3 Å². The van der Waals surface area contributed by atoms with Crippen LogP contribution >= 0.6 is 27.3 Å². The Hall–Kier alpha value is -1.40. The predicted molar refractivity (Wildman–Crippen MR) is 105 cm³/mol. The Bertz CT molecular complexity index is 721. The fourth-order valence-electron chi connectivity index (χ4n) is 2.78. The lowest BCUT2D eigenvalue weighted by Gasteiger charge is -2.19. The Balaban J connectivity index is 1.54. The number of benzene rings is 1. The summed E-state index contributed by atoms with van der Waals surface area (Å²) in [4.78, 5) is 8.91. The van der Waals surface area contributed by atoms with E-state index in [1.54, 1.807) is 11.3 Å². The summed E-state index contributed by atoms with van der Waals surface area (Å²) >= 11 is 5.29. The van der Waals surface area contributed by atoms with Gasteiger partial charge in [-0.25, -0.2) is 4.98 Å². The molecule has 0 radical (unpaired) electrons. The highest BCUT2D eigenvalue weighted by Crippen LogP contribution is 2.48. The molecule has 1 heterocycles. The molecule has 0 amide bonds. The second-order valence-corrected chi connectivity index (χ2v) is 8.01. The number of nitrogens with one attached hydrogen (secondary N) is 2. The zero-order valence-electron chi connectivity index (χ0n) is 14.1. The minimum absolute atomic E-state index is 0.247. The smallest absolute Gasteiger partial charge is 0.191 e. The van der Waals surface area contributed by atoms with Crippen LogP contribution in [0.5, 0.6) is 0 Å². The maximum Gasteiger partial charge on any atom is 0.191 e. The van der Waals surface area contributed by atoms with Crippen LogP contribution in [0, 0.1) is 0 Å². The van der Waals surface area contributed by atoms with E-state index in [0.717, 1.165) is 29.1 Å². The first kappa shape index (κ1) is 17.4. The maximum absolute atomic E-state index is 4.58. The number of aliphatic imine (C=N–C) groups is 1. The van der Waals surface area contributed by atoms with Gasteiger partial charge in [-0.1, -0.05) is 35.0 Å². The van der Waals surface area contributed by atoms with Crippen LogP contribution in [0.15, 0.2) is 39.1 Å². The van der Waals surface area contributed by atoms with Crippen LogP contribution in [0.1, 0.15) is 36.0 Å². The normalized spacial score (nSPS) is 16.0. The molecule has 0 unspecified atom stereocenters. The summed E-state index contributed by atoms with van der Waals surface area (Å²) in [5.41, 5.74) is 2.72. The van der Waals surface area contributed by atoms with E-state index in [0.29, 0.717) is 6.54 Å². The molecule has 2 aromatic rings. The largest absolute Gasteiger partial charge is 0.356 e. The van der Waals surface area contributed by atoms with Gasteiger partial charge in [-0.3, -0.25) is 4.99 Å².